The van der Waals surface area contributed by atoms with E-state index in [2.05, 4.69) is 9.97 Å². The number of methoxy groups -OCH3 is 1. The number of ether oxygens (including phenoxy) is 1. The van der Waals surface area contributed by atoms with Gasteiger partial charge in [-0.15, -0.1) is 0 Å². The first-order valence-electron chi connectivity index (χ1n) is 4.84. The molecule has 3 nitrogen and oxygen atoms in total. The first-order chi connectivity index (χ1) is 7.70. The molecular formula is C12H11FN2O. The molecule has 0 atom stereocenters. The van der Waals surface area contributed by atoms with Crippen LogP contribution in [0.1, 0.15) is 5.82 Å². The van der Waals surface area contributed by atoms with Gasteiger partial charge in [0.2, 0.25) is 0 Å². The number of halogens is 1. The maximum Gasteiger partial charge on any atom is 0.128 e. The number of nitrogens with zero attached hydrogens (tertiary/aromatic N) is 2. The van der Waals surface area contributed by atoms with E-state index in [9.17, 15) is 4.39 Å². The van der Waals surface area contributed by atoms with Gasteiger partial charge in [-0.05, 0) is 31.2 Å². The van der Waals surface area contributed by atoms with Crippen LogP contribution in [-0.4, -0.2) is 17.1 Å². The summed E-state index contributed by atoms with van der Waals surface area (Å²) in [5.74, 6) is 0.926. The minimum atomic E-state index is -0.313. The molecule has 16 heavy (non-hydrogen) atoms. The molecule has 0 saturated carbocycles. The van der Waals surface area contributed by atoms with Crippen LogP contribution >= 0.6 is 0 Å². The number of rotatable bonds is 2. The van der Waals surface area contributed by atoms with Crippen molar-refractivity contribution in [1.29, 1.82) is 0 Å². The van der Waals surface area contributed by atoms with Crippen molar-refractivity contribution < 1.29 is 9.13 Å². The summed E-state index contributed by atoms with van der Waals surface area (Å²) in [5.41, 5.74) is 1.29. The Hall–Kier alpha value is -1.97. The van der Waals surface area contributed by atoms with Crippen LogP contribution in [0.4, 0.5) is 4.39 Å². The van der Waals surface area contributed by atoms with E-state index in [1.54, 1.807) is 32.4 Å². The Labute approximate surface area is 92.9 Å². The number of benzene rings is 1. The van der Waals surface area contributed by atoms with Gasteiger partial charge in [0.25, 0.3) is 0 Å². The Morgan fingerprint density at radius 1 is 1.25 bits per heavy atom. The largest absolute Gasteiger partial charge is 0.496 e. The smallest absolute Gasteiger partial charge is 0.128 e. The van der Waals surface area contributed by atoms with Crippen molar-refractivity contribution in [2.24, 2.45) is 0 Å². The fourth-order valence-electron chi connectivity index (χ4n) is 1.49. The molecule has 1 aromatic carbocycles. The van der Waals surface area contributed by atoms with Crippen LogP contribution < -0.4 is 4.74 Å². The van der Waals surface area contributed by atoms with Crippen LogP contribution in [0.3, 0.4) is 0 Å². The average Bonchev–Trinajstić information content (AvgIpc) is 2.29. The van der Waals surface area contributed by atoms with Gasteiger partial charge in [-0.25, -0.2) is 14.4 Å². The Kier molecular flexibility index (Phi) is 2.81. The van der Waals surface area contributed by atoms with Gasteiger partial charge in [0, 0.05) is 11.8 Å². The van der Waals surface area contributed by atoms with Gasteiger partial charge in [-0.3, -0.25) is 0 Å². The van der Waals surface area contributed by atoms with E-state index in [0.29, 0.717) is 22.8 Å². The summed E-state index contributed by atoms with van der Waals surface area (Å²) in [7, 11) is 1.55. The molecule has 82 valence electrons. The van der Waals surface area contributed by atoms with Crippen molar-refractivity contribution in [2.45, 2.75) is 6.92 Å². The van der Waals surface area contributed by atoms with Crippen LogP contribution in [0.2, 0.25) is 0 Å². The molecule has 0 aliphatic heterocycles. The molecule has 0 aliphatic carbocycles. The summed E-state index contributed by atoms with van der Waals surface area (Å²) in [6, 6.07) is 6.07. The van der Waals surface area contributed by atoms with E-state index >= 15 is 0 Å². The zero-order valence-electron chi connectivity index (χ0n) is 9.07. The average molecular weight is 218 g/mol. The van der Waals surface area contributed by atoms with Gasteiger partial charge in [-0.1, -0.05) is 0 Å². The minimum Gasteiger partial charge on any atom is -0.496 e. The fraction of sp³-hybridized carbons (Fsp3) is 0.167. The van der Waals surface area contributed by atoms with Crippen LogP contribution in [0, 0.1) is 12.7 Å². The summed E-state index contributed by atoms with van der Waals surface area (Å²) in [5, 5.41) is 0. The number of aromatic nitrogens is 2. The SMILES string of the molecule is COc1ccc(F)cc1-c1ccnc(C)n1. The predicted molar refractivity (Wildman–Crippen MR) is 58.7 cm³/mol. The highest BCUT2D eigenvalue weighted by molar-refractivity contribution is 5.66. The minimum absolute atomic E-state index is 0.313. The van der Waals surface area contributed by atoms with Crippen LogP contribution in [0.5, 0.6) is 5.75 Å². The lowest BCUT2D eigenvalue weighted by Gasteiger charge is -2.07. The number of hydrogen-bond acceptors (Lipinski definition) is 3. The second kappa shape index (κ2) is 4.26. The summed E-state index contributed by atoms with van der Waals surface area (Å²) in [6.07, 6.45) is 1.64. The molecule has 0 amide bonds. The zero-order chi connectivity index (χ0) is 11.5. The Bertz CT molecular complexity index is 514. The standard InChI is InChI=1S/C12H11FN2O/c1-8-14-6-5-11(15-8)10-7-9(13)3-4-12(10)16-2/h3-7H,1-2H3. The topological polar surface area (TPSA) is 35.0 Å². The molecule has 0 saturated heterocycles. The van der Waals surface area contributed by atoms with Gasteiger partial charge < -0.3 is 4.74 Å². The molecule has 4 heteroatoms. The molecular weight excluding hydrogens is 207 g/mol. The fourth-order valence-corrected chi connectivity index (χ4v) is 1.49. The van der Waals surface area contributed by atoms with E-state index in [-0.39, 0.29) is 5.82 Å². The number of aryl methyl sites for hydroxylation is 1. The van der Waals surface area contributed by atoms with Crippen molar-refractivity contribution in [3.05, 3.63) is 42.1 Å². The van der Waals surface area contributed by atoms with Crippen molar-refractivity contribution in [3.63, 3.8) is 0 Å². The molecule has 0 spiro atoms. The monoisotopic (exact) mass is 218 g/mol. The lowest BCUT2D eigenvalue weighted by molar-refractivity contribution is 0.415. The Morgan fingerprint density at radius 3 is 2.75 bits per heavy atom. The summed E-state index contributed by atoms with van der Waals surface area (Å²) < 4.78 is 18.3. The van der Waals surface area contributed by atoms with Gasteiger partial charge in [0.15, 0.2) is 0 Å². The third kappa shape index (κ3) is 2.00. The van der Waals surface area contributed by atoms with E-state index in [1.807, 2.05) is 0 Å². The Balaban J connectivity index is 2.58. The van der Waals surface area contributed by atoms with E-state index in [4.69, 9.17) is 4.74 Å². The maximum atomic E-state index is 13.2. The van der Waals surface area contributed by atoms with E-state index < -0.39 is 0 Å². The molecule has 1 aromatic heterocycles. The van der Waals surface area contributed by atoms with Gasteiger partial charge >= 0.3 is 0 Å². The molecule has 0 N–H and O–H groups in total. The summed E-state index contributed by atoms with van der Waals surface area (Å²) in [4.78, 5) is 8.23. The van der Waals surface area contributed by atoms with E-state index in [1.165, 1.54) is 12.1 Å². The number of hydrogen-bond donors (Lipinski definition) is 0. The van der Waals surface area contributed by atoms with Gasteiger partial charge in [0.1, 0.15) is 17.4 Å². The van der Waals surface area contributed by atoms with Crippen LogP contribution in [0.25, 0.3) is 11.3 Å². The van der Waals surface area contributed by atoms with Gasteiger partial charge in [-0.2, -0.15) is 0 Å². The quantitative estimate of drug-likeness (QED) is 0.777. The van der Waals surface area contributed by atoms with Crippen LogP contribution in [-0.2, 0) is 0 Å². The molecule has 0 aliphatic rings. The highest BCUT2D eigenvalue weighted by Crippen LogP contribution is 2.28. The second-order valence-corrected chi connectivity index (χ2v) is 3.33. The van der Waals surface area contributed by atoms with Crippen molar-refractivity contribution >= 4 is 0 Å². The van der Waals surface area contributed by atoms with Gasteiger partial charge in [0.05, 0.1) is 12.8 Å². The molecule has 0 bridgehead atoms. The first kappa shape index (κ1) is 10.5. The summed E-state index contributed by atoms with van der Waals surface area (Å²) >= 11 is 0. The highest BCUT2D eigenvalue weighted by atomic mass is 19.1. The zero-order valence-corrected chi connectivity index (χ0v) is 9.07. The maximum absolute atomic E-state index is 13.2. The van der Waals surface area contributed by atoms with Crippen molar-refractivity contribution in [2.75, 3.05) is 7.11 Å². The highest BCUT2D eigenvalue weighted by Gasteiger charge is 2.08. The molecule has 0 fully saturated rings. The summed E-state index contributed by atoms with van der Waals surface area (Å²) in [6.45, 7) is 1.79. The Morgan fingerprint density at radius 2 is 2.06 bits per heavy atom. The molecule has 2 aromatic rings. The molecule has 0 unspecified atom stereocenters. The van der Waals surface area contributed by atoms with Crippen LogP contribution in [0.15, 0.2) is 30.5 Å². The second-order valence-electron chi connectivity index (χ2n) is 3.33. The predicted octanol–water partition coefficient (Wildman–Crippen LogP) is 2.60. The van der Waals surface area contributed by atoms with Crippen molar-refractivity contribution in [1.82, 2.24) is 9.97 Å². The first-order valence-corrected chi connectivity index (χ1v) is 4.84. The molecule has 0 radical (unpaired) electrons. The lowest BCUT2D eigenvalue weighted by Crippen LogP contribution is -1.94. The molecule has 1 heterocycles. The lowest BCUT2D eigenvalue weighted by atomic mass is 10.1. The normalized spacial score (nSPS) is 10.2. The third-order valence-electron chi connectivity index (χ3n) is 2.21. The molecule has 2 rings (SSSR count). The van der Waals surface area contributed by atoms with E-state index in [0.717, 1.165) is 0 Å². The third-order valence-corrected chi connectivity index (χ3v) is 2.21. The van der Waals surface area contributed by atoms with Crippen molar-refractivity contribution in [3.8, 4) is 17.0 Å².